The van der Waals surface area contributed by atoms with Crippen molar-refractivity contribution < 1.29 is 9.53 Å². The van der Waals surface area contributed by atoms with E-state index in [1.807, 2.05) is 13.0 Å². The third kappa shape index (κ3) is 3.55. The van der Waals surface area contributed by atoms with Gasteiger partial charge in [-0.05, 0) is 49.4 Å². The van der Waals surface area contributed by atoms with Crippen molar-refractivity contribution in [1.29, 1.82) is 0 Å². The van der Waals surface area contributed by atoms with Crippen LogP contribution in [0.25, 0.3) is 0 Å². The van der Waals surface area contributed by atoms with Crippen LogP contribution in [0.5, 0.6) is 5.75 Å². The molecule has 1 atom stereocenters. The van der Waals surface area contributed by atoms with E-state index in [-0.39, 0.29) is 5.91 Å². The fourth-order valence-corrected chi connectivity index (χ4v) is 3.25. The van der Waals surface area contributed by atoms with Crippen molar-refractivity contribution in [3.05, 3.63) is 47.0 Å². The average Bonchev–Trinajstić information content (AvgIpc) is 2.97. The highest BCUT2D eigenvalue weighted by Gasteiger charge is 2.21. The molecule has 0 saturated carbocycles. The fourth-order valence-electron chi connectivity index (χ4n) is 3.25. The minimum atomic E-state index is 0.0286. The maximum Gasteiger partial charge on any atom is 0.226 e. The number of H-pyrrole nitrogens is 1. The standard InChI is InChI=1S/C18H23N3O2/c1-12-17(21-11-20-12)9-18(22)19-10-14-5-3-4-13-8-15(23-2)6-7-16(13)14/h6-8,11,14H,3-5,9-10H2,1-2H3,(H,19,22)(H,20,21)/t14-/m1/s1. The molecule has 1 amide bonds. The molecule has 122 valence electrons. The van der Waals surface area contributed by atoms with Crippen LogP contribution < -0.4 is 10.1 Å². The number of hydrogen-bond acceptors (Lipinski definition) is 3. The van der Waals surface area contributed by atoms with Crippen molar-refractivity contribution >= 4 is 5.91 Å². The number of methoxy groups -OCH3 is 1. The molecule has 23 heavy (non-hydrogen) atoms. The van der Waals surface area contributed by atoms with Crippen molar-refractivity contribution in [3.8, 4) is 5.75 Å². The smallest absolute Gasteiger partial charge is 0.226 e. The first kappa shape index (κ1) is 15.6. The van der Waals surface area contributed by atoms with Gasteiger partial charge in [0.25, 0.3) is 0 Å². The minimum absolute atomic E-state index is 0.0286. The second kappa shape index (κ2) is 6.86. The molecule has 0 bridgehead atoms. The second-order valence-electron chi connectivity index (χ2n) is 6.11. The Labute approximate surface area is 136 Å². The second-order valence-corrected chi connectivity index (χ2v) is 6.11. The van der Waals surface area contributed by atoms with E-state index in [4.69, 9.17) is 4.74 Å². The normalized spacial score (nSPS) is 16.7. The highest BCUT2D eigenvalue weighted by Crippen LogP contribution is 2.33. The Bertz CT molecular complexity index is 693. The topological polar surface area (TPSA) is 67.0 Å². The van der Waals surface area contributed by atoms with Gasteiger partial charge in [-0.25, -0.2) is 4.98 Å². The largest absolute Gasteiger partial charge is 0.497 e. The van der Waals surface area contributed by atoms with E-state index < -0.39 is 0 Å². The Hall–Kier alpha value is -2.30. The zero-order valence-electron chi connectivity index (χ0n) is 13.7. The summed E-state index contributed by atoms with van der Waals surface area (Å²) in [6.45, 7) is 2.61. The van der Waals surface area contributed by atoms with Gasteiger partial charge in [0.2, 0.25) is 5.91 Å². The van der Waals surface area contributed by atoms with Crippen molar-refractivity contribution in [3.63, 3.8) is 0 Å². The predicted molar refractivity (Wildman–Crippen MR) is 88.7 cm³/mol. The number of carbonyl (C=O) groups is 1. The molecule has 1 heterocycles. The highest BCUT2D eigenvalue weighted by molar-refractivity contribution is 5.78. The van der Waals surface area contributed by atoms with Crippen LogP contribution in [0.3, 0.4) is 0 Å². The molecule has 0 fully saturated rings. The van der Waals surface area contributed by atoms with E-state index in [0.717, 1.165) is 36.4 Å². The van der Waals surface area contributed by atoms with E-state index in [1.165, 1.54) is 11.1 Å². The Balaban J connectivity index is 1.61. The molecule has 1 aliphatic carbocycles. The van der Waals surface area contributed by atoms with Crippen LogP contribution in [0.2, 0.25) is 0 Å². The maximum absolute atomic E-state index is 12.1. The monoisotopic (exact) mass is 313 g/mol. The van der Waals surface area contributed by atoms with Gasteiger partial charge in [0.15, 0.2) is 0 Å². The van der Waals surface area contributed by atoms with Gasteiger partial charge in [0.1, 0.15) is 5.75 Å². The number of aromatic amines is 1. The first-order valence-electron chi connectivity index (χ1n) is 8.09. The SMILES string of the molecule is COc1ccc2c(c1)CCC[C@@H]2CNC(=O)Cc1nc[nH]c1C. The summed E-state index contributed by atoms with van der Waals surface area (Å²) >= 11 is 0. The van der Waals surface area contributed by atoms with E-state index >= 15 is 0 Å². The van der Waals surface area contributed by atoms with Crippen LogP contribution in [0.15, 0.2) is 24.5 Å². The van der Waals surface area contributed by atoms with Gasteiger partial charge in [0.05, 0.1) is 25.6 Å². The summed E-state index contributed by atoms with van der Waals surface area (Å²) in [6.07, 6.45) is 5.31. The molecule has 0 saturated heterocycles. The number of aromatic nitrogens is 2. The average molecular weight is 313 g/mol. The predicted octanol–water partition coefficient (Wildman–Crippen LogP) is 2.51. The van der Waals surface area contributed by atoms with Gasteiger partial charge in [-0.2, -0.15) is 0 Å². The molecular weight excluding hydrogens is 290 g/mol. The summed E-state index contributed by atoms with van der Waals surface area (Å²) in [5.41, 5.74) is 4.46. The van der Waals surface area contributed by atoms with Crippen LogP contribution in [0.4, 0.5) is 0 Å². The lowest BCUT2D eigenvalue weighted by Crippen LogP contribution is -2.31. The minimum Gasteiger partial charge on any atom is -0.497 e. The summed E-state index contributed by atoms with van der Waals surface area (Å²) in [5, 5.41) is 3.06. The lowest BCUT2D eigenvalue weighted by atomic mass is 9.82. The van der Waals surface area contributed by atoms with Crippen LogP contribution in [0, 0.1) is 6.92 Å². The van der Waals surface area contributed by atoms with Gasteiger partial charge in [-0.15, -0.1) is 0 Å². The number of imidazole rings is 1. The number of hydrogen-bond donors (Lipinski definition) is 2. The molecule has 1 aromatic heterocycles. The molecule has 0 aliphatic heterocycles. The molecule has 1 aliphatic rings. The van der Waals surface area contributed by atoms with E-state index in [9.17, 15) is 4.79 Å². The molecule has 5 heteroatoms. The number of carbonyl (C=O) groups excluding carboxylic acids is 1. The van der Waals surface area contributed by atoms with Crippen LogP contribution in [-0.2, 0) is 17.6 Å². The molecular formula is C18H23N3O2. The first-order valence-corrected chi connectivity index (χ1v) is 8.09. The molecule has 1 aromatic carbocycles. The Morgan fingerprint density at radius 3 is 3.09 bits per heavy atom. The lowest BCUT2D eigenvalue weighted by Gasteiger charge is -2.26. The molecule has 0 unspecified atom stereocenters. The fraction of sp³-hybridized carbons (Fsp3) is 0.444. The molecule has 3 rings (SSSR count). The van der Waals surface area contributed by atoms with Gasteiger partial charge < -0.3 is 15.0 Å². The lowest BCUT2D eigenvalue weighted by molar-refractivity contribution is -0.120. The van der Waals surface area contributed by atoms with Gasteiger partial charge >= 0.3 is 0 Å². The van der Waals surface area contributed by atoms with Gasteiger partial charge in [0, 0.05) is 18.2 Å². The zero-order chi connectivity index (χ0) is 16.2. The van der Waals surface area contributed by atoms with Crippen molar-refractivity contribution in [1.82, 2.24) is 15.3 Å². The number of ether oxygens (including phenoxy) is 1. The van der Waals surface area contributed by atoms with Crippen LogP contribution >= 0.6 is 0 Å². The van der Waals surface area contributed by atoms with Gasteiger partial charge in [-0.3, -0.25) is 4.79 Å². The summed E-state index contributed by atoms with van der Waals surface area (Å²) in [6, 6.07) is 6.27. The van der Waals surface area contributed by atoms with E-state index in [2.05, 4.69) is 27.4 Å². The number of benzene rings is 1. The molecule has 2 aromatic rings. The number of nitrogens with zero attached hydrogens (tertiary/aromatic N) is 1. The van der Waals surface area contributed by atoms with Crippen LogP contribution in [0.1, 0.15) is 41.3 Å². The zero-order valence-corrected chi connectivity index (χ0v) is 13.7. The van der Waals surface area contributed by atoms with Crippen molar-refractivity contribution in [2.24, 2.45) is 0 Å². The Morgan fingerprint density at radius 1 is 1.48 bits per heavy atom. The number of fused-ring (bicyclic) bond motifs is 1. The molecule has 0 radical (unpaired) electrons. The van der Waals surface area contributed by atoms with Gasteiger partial charge in [-0.1, -0.05) is 6.07 Å². The number of aryl methyl sites for hydroxylation is 2. The van der Waals surface area contributed by atoms with E-state index in [0.29, 0.717) is 18.9 Å². The summed E-state index contributed by atoms with van der Waals surface area (Å²) in [7, 11) is 1.69. The molecule has 2 N–H and O–H groups in total. The first-order chi connectivity index (χ1) is 11.2. The number of rotatable bonds is 5. The van der Waals surface area contributed by atoms with Crippen molar-refractivity contribution in [2.75, 3.05) is 13.7 Å². The molecule has 0 spiro atoms. The van der Waals surface area contributed by atoms with Crippen LogP contribution in [-0.4, -0.2) is 29.5 Å². The Morgan fingerprint density at radius 2 is 2.35 bits per heavy atom. The third-order valence-electron chi connectivity index (χ3n) is 4.60. The van der Waals surface area contributed by atoms with Crippen molar-refractivity contribution in [2.45, 2.75) is 38.5 Å². The third-order valence-corrected chi connectivity index (χ3v) is 4.60. The number of amides is 1. The Kier molecular flexibility index (Phi) is 4.65. The maximum atomic E-state index is 12.1. The summed E-state index contributed by atoms with van der Waals surface area (Å²) in [5.74, 6) is 1.32. The number of nitrogens with one attached hydrogen (secondary N) is 2. The highest BCUT2D eigenvalue weighted by atomic mass is 16.5. The molecule has 5 nitrogen and oxygen atoms in total. The summed E-state index contributed by atoms with van der Waals surface area (Å²) < 4.78 is 5.30. The summed E-state index contributed by atoms with van der Waals surface area (Å²) in [4.78, 5) is 19.3. The quantitative estimate of drug-likeness (QED) is 0.891. The van der Waals surface area contributed by atoms with E-state index in [1.54, 1.807) is 13.4 Å².